The summed E-state index contributed by atoms with van der Waals surface area (Å²) in [5.41, 5.74) is 5.26. The summed E-state index contributed by atoms with van der Waals surface area (Å²) in [6, 6.07) is 0. The molecule has 1 unspecified atom stereocenters. The second-order valence-corrected chi connectivity index (χ2v) is 5.56. The van der Waals surface area contributed by atoms with Gasteiger partial charge < -0.3 is 15.7 Å². The SMILES string of the molecule is CC(C)Cn1c(N)c(N(C)CCC(C)O)c(=O)[nH]c1=O. The van der Waals surface area contributed by atoms with Crippen LogP contribution in [-0.2, 0) is 6.54 Å². The monoisotopic (exact) mass is 284 g/mol. The average Bonchev–Trinajstić information content (AvgIpc) is 2.31. The molecule has 0 spiro atoms. The zero-order valence-corrected chi connectivity index (χ0v) is 12.5. The lowest BCUT2D eigenvalue weighted by molar-refractivity contribution is 0.187. The van der Waals surface area contributed by atoms with Crippen molar-refractivity contribution in [2.75, 3.05) is 24.2 Å². The third kappa shape index (κ3) is 3.86. The molecule has 0 aliphatic heterocycles. The second-order valence-electron chi connectivity index (χ2n) is 5.56. The molecule has 0 fully saturated rings. The minimum absolute atomic E-state index is 0.167. The Morgan fingerprint density at radius 2 is 1.95 bits per heavy atom. The maximum Gasteiger partial charge on any atom is 0.330 e. The molecule has 1 aromatic heterocycles. The molecule has 0 bridgehead atoms. The third-order valence-electron chi connectivity index (χ3n) is 3.03. The predicted octanol–water partition coefficient (Wildman–Crippen LogP) is -0.0181. The number of nitrogen functional groups attached to an aromatic ring is 1. The molecule has 20 heavy (non-hydrogen) atoms. The maximum atomic E-state index is 11.9. The number of nitrogens with zero attached hydrogens (tertiary/aromatic N) is 2. The van der Waals surface area contributed by atoms with E-state index < -0.39 is 17.4 Å². The summed E-state index contributed by atoms with van der Waals surface area (Å²) in [5, 5.41) is 9.31. The molecule has 1 rings (SSSR count). The summed E-state index contributed by atoms with van der Waals surface area (Å²) >= 11 is 0. The molecule has 7 nitrogen and oxygen atoms in total. The topological polar surface area (TPSA) is 104 Å². The van der Waals surface area contributed by atoms with Gasteiger partial charge in [-0.1, -0.05) is 13.8 Å². The zero-order chi connectivity index (χ0) is 15.4. The Morgan fingerprint density at radius 3 is 2.45 bits per heavy atom. The molecule has 0 amide bonds. The van der Waals surface area contributed by atoms with Crippen LogP contribution in [0.5, 0.6) is 0 Å². The van der Waals surface area contributed by atoms with Gasteiger partial charge in [0.15, 0.2) is 0 Å². The number of H-pyrrole nitrogens is 1. The van der Waals surface area contributed by atoms with E-state index in [2.05, 4.69) is 4.98 Å². The van der Waals surface area contributed by atoms with Crippen molar-refractivity contribution in [2.24, 2.45) is 5.92 Å². The van der Waals surface area contributed by atoms with Gasteiger partial charge >= 0.3 is 5.69 Å². The van der Waals surface area contributed by atoms with E-state index in [1.54, 1.807) is 18.9 Å². The maximum absolute atomic E-state index is 11.9. The quantitative estimate of drug-likeness (QED) is 0.681. The van der Waals surface area contributed by atoms with Crippen LogP contribution in [0.1, 0.15) is 27.2 Å². The summed E-state index contributed by atoms with van der Waals surface area (Å²) in [6.45, 7) is 6.53. The molecule has 1 aromatic rings. The van der Waals surface area contributed by atoms with E-state index in [-0.39, 0.29) is 17.4 Å². The van der Waals surface area contributed by atoms with Crippen LogP contribution in [0.4, 0.5) is 11.5 Å². The molecule has 0 aromatic carbocycles. The number of rotatable bonds is 6. The van der Waals surface area contributed by atoms with E-state index in [4.69, 9.17) is 5.73 Å². The number of nitrogens with two attached hydrogens (primary N) is 1. The van der Waals surface area contributed by atoms with Crippen LogP contribution in [0.25, 0.3) is 0 Å². The van der Waals surface area contributed by atoms with Gasteiger partial charge in [-0.15, -0.1) is 0 Å². The lowest BCUT2D eigenvalue weighted by Gasteiger charge is -2.22. The first kappa shape index (κ1) is 16.3. The number of aromatic amines is 1. The Morgan fingerprint density at radius 1 is 1.35 bits per heavy atom. The molecule has 0 aliphatic carbocycles. The molecule has 0 aliphatic rings. The fraction of sp³-hybridized carbons (Fsp3) is 0.692. The Balaban J connectivity index is 3.19. The number of hydrogen-bond acceptors (Lipinski definition) is 5. The van der Waals surface area contributed by atoms with Crippen LogP contribution in [-0.4, -0.2) is 34.4 Å². The van der Waals surface area contributed by atoms with Crippen molar-refractivity contribution in [1.29, 1.82) is 0 Å². The Hall–Kier alpha value is -1.76. The van der Waals surface area contributed by atoms with E-state index >= 15 is 0 Å². The van der Waals surface area contributed by atoms with Crippen molar-refractivity contribution < 1.29 is 5.11 Å². The van der Waals surface area contributed by atoms with Crippen molar-refractivity contribution in [1.82, 2.24) is 9.55 Å². The number of aliphatic hydroxyl groups is 1. The van der Waals surface area contributed by atoms with Gasteiger partial charge in [0.2, 0.25) is 0 Å². The minimum Gasteiger partial charge on any atom is -0.393 e. The molecule has 114 valence electrons. The van der Waals surface area contributed by atoms with Crippen LogP contribution in [0.2, 0.25) is 0 Å². The van der Waals surface area contributed by atoms with E-state index in [1.165, 1.54) is 4.57 Å². The number of aliphatic hydroxyl groups excluding tert-OH is 1. The van der Waals surface area contributed by atoms with Crippen LogP contribution >= 0.6 is 0 Å². The standard InChI is InChI=1S/C13H24N4O3/c1-8(2)7-17-11(14)10(12(19)15-13(17)20)16(4)6-5-9(3)18/h8-9,18H,5-7,14H2,1-4H3,(H,15,19,20). The number of nitrogens with one attached hydrogen (secondary N) is 1. The van der Waals surface area contributed by atoms with Gasteiger partial charge in [0.1, 0.15) is 11.5 Å². The van der Waals surface area contributed by atoms with Crippen LogP contribution in [0, 0.1) is 5.92 Å². The normalized spacial score (nSPS) is 12.7. The number of anilines is 2. The van der Waals surface area contributed by atoms with Gasteiger partial charge in [0, 0.05) is 20.1 Å². The van der Waals surface area contributed by atoms with E-state index in [1.807, 2.05) is 13.8 Å². The number of hydrogen-bond donors (Lipinski definition) is 3. The second kappa shape index (κ2) is 6.60. The van der Waals surface area contributed by atoms with Crippen LogP contribution in [0.3, 0.4) is 0 Å². The highest BCUT2D eigenvalue weighted by atomic mass is 16.3. The lowest BCUT2D eigenvalue weighted by Crippen LogP contribution is -2.38. The van der Waals surface area contributed by atoms with Gasteiger partial charge in [0.25, 0.3) is 5.56 Å². The van der Waals surface area contributed by atoms with Gasteiger partial charge in [-0.25, -0.2) is 4.79 Å². The summed E-state index contributed by atoms with van der Waals surface area (Å²) < 4.78 is 1.38. The Bertz CT molecular complexity index is 560. The third-order valence-corrected chi connectivity index (χ3v) is 3.03. The summed E-state index contributed by atoms with van der Waals surface area (Å²) in [4.78, 5) is 27.7. The molecule has 0 saturated carbocycles. The van der Waals surface area contributed by atoms with Crippen molar-refractivity contribution in [3.63, 3.8) is 0 Å². The van der Waals surface area contributed by atoms with E-state index in [0.29, 0.717) is 19.5 Å². The first-order valence-corrected chi connectivity index (χ1v) is 6.75. The summed E-state index contributed by atoms with van der Waals surface area (Å²) in [7, 11) is 1.72. The van der Waals surface area contributed by atoms with Gasteiger partial charge in [-0.2, -0.15) is 0 Å². The van der Waals surface area contributed by atoms with E-state index in [9.17, 15) is 14.7 Å². The van der Waals surface area contributed by atoms with Crippen molar-refractivity contribution in [3.05, 3.63) is 20.8 Å². The first-order chi connectivity index (χ1) is 9.23. The van der Waals surface area contributed by atoms with Gasteiger partial charge in [-0.05, 0) is 19.3 Å². The van der Waals surface area contributed by atoms with Crippen LogP contribution in [0.15, 0.2) is 9.59 Å². The smallest absolute Gasteiger partial charge is 0.330 e. The number of aromatic nitrogens is 2. The summed E-state index contributed by atoms with van der Waals surface area (Å²) in [6.07, 6.45) is 0.0536. The molecule has 1 heterocycles. The van der Waals surface area contributed by atoms with Crippen LogP contribution < -0.4 is 21.9 Å². The van der Waals surface area contributed by atoms with Crippen molar-refractivity contribution >= 4 is 11.5 Å². The Labute approximate surface area is 118 Å². The molecule has 0 radical (unpaired) electrons. The van der Waals surface area contributed by atoms with Gasteiger partial charge in [-0.3, -0.25) is 14.3 Å². The molecule has 4 N–H and O–H groups in total. The van der Waals surface area contributed by atoms with Gasteiger partial charge in [0.05, 0.1) is 6.10 Å². The largest absolute Gasteiger partial charge is 0.393 e. The Kier molecular flexibility index (Phi) is 5.38. The fourth-order valence-electron chi connectivity index (χ4n) is 1.98. The predicted molar refractivity (Wildman–Crippen MR) is 80.1 cm³/mol. The molecular formula is C13H24N4O3. The van der Waals surface area contributed by atoms with Crippen molar-refractivity contribution in [2.45, 2.75) is 39.8 Å². The fourth-order valence-corrected chi connectivity index (χ4v) is 1.98. The van der Waals surface area contributed by atoms with E-state index in [0.717, 1.165) is 0 Å². The lowest BCUT2D eigenvalue weighted by atomic mass is 10.2. The molecular weight excluding hydrogens is 260 g/mol. The first-order valence-electron chi connectivity index (χ1n) is 6.75. The highest BCUT2D eigenvalue weighted by molar-refractivity contribution is 5.61. The zero-order valence-electron chi connectivity index (χ0n) is 12.5. The van der Waals surface area contributed by atoms with Crippen molar-refractivity contribution in [3.8, 4) is 0 Å². The highest BCUT2D eigenvalue weighted by Crippen LogP contribution is 2.16. The average molecular weight is 284 g/mol. The molecule has 1 atom stereocenters. The minimum atomic E-state index is -0.499. The summed E-state index contributed by atoms with van der Waals surface area (Å²) in [5.74, 6) is 0.400. The molecule has 7 heteroatoms. The highest BCUT2D eigenvalue weighted by Gasteiger charge is 2.16. The molecule has 0 saturated heterocycles.